The molecule has 1 rings (SSSR count). The molecule has 4 heteroatoms. The van der Waals surface area contributed by atoms with Crippen LogP contribution in [0, 0.1) is 0 Å². The fourth-order valence-corrected chi connectivity index (χ4v) is 1.64. The molecule has 0 aliphatic carbocycles. The van der Waals surface area contributed by atoms with E-state index < -0.39 is 11.5 Å². The average molecular weight is 179 g/mol. The van der Waals surface area contributed by atoms with Gasteiger partial charge in [0.05, 0.1) is 12.1 Å². The number of nitrogens with zero attached hydrogens (tertiary/aromatic N) is 1. The van der Waals surface area contributed by atoms with Crippen molar-refractivity contribution in [3.8, 4) is 0 Å². The third kappa shape index (κ3) is 2.68. The van der Waals surface area contributed by atoms with Crippen molar-refractivity contribution < 1.29 is 13.9 Å². The van der Waals surface area contributed by atoms with Crippen molar-refractivity contribution in [2.75, 3.05) is 20.1 Å². The maximum atomic E-state index is 12.9. The summed E-state index contributed by atoms with van der Waals surface area (Å²) in [6, 6.07) is 0. The zero-order valence-electron chi connectivity index (χ0n) is 7.48. The van der Waals surface area contributed by atoms with Crippen molar-refractivity contribution in [2.45, 2.75) is 31.3 Å². The third-order valence-corrected chi connectivity index (χ3v) is 2.14. The Morgan fingerprint density at radius 1 is 1.25 bits per heavy atom. The average Bonchev–Trinajstić information content (AvgIpc) is 1.87. The molecule has 1 fully saturated rings. The van der Waals surface area contributed by atoms with E-state index >= 15 is 0 Å². The zero-order chi connectivity index (χ0) is 9.41. The molecule has 2 nitrogen and oxygen atoms in total. The van der Waals surface area contributed by atoms with Gasteiger partial charge in [-0.15, -0.1) is 0 Å². The Balaban J connectivity index is 2.66. The number of β-amino-alcohol motifs (C(OH)–C–C–N with tert-alkyl or cyclic N) is 1. The smallest absolute Gasteiger partial charge is 0.260 e. The Hall–Kier alpha value is -0.220. The molecule has 0 aromatic carbocycles. The van der Waals surface area contributed by atoms with E-state index in [4.69, 9.17) is 0 Å². The predicted octanol–water partition coefficient (Wildman–Crippen LogP) is 1.10. The second kappa shape index (κ2) is 2.92. The maximum Gasteiger partial charge on any atom is 0.260 e. The molecule has 72 valence electrons. The molecule has 0 aromatic heterocycles. The molecular formula is C8H15F2NO. The molecule has 0 amide bonds. The lowest BCUT2D eigenvalue weighted by atomic mass is 10.00. The van der Waals surface area contributed by atoms with Crippen molar-refractivity contribution in [3.05, 3.63) is 0 Å². The van der Waals surface area contributed by atoms with Gasteiger partial charge in [0.15, 0.2) is 0 Å². The first kappa shape index (κ1) is 9.86. The number of rotatable bonds is 0. The summed E-state index contributed by atoms with van der Waals surface area (Å²) < 4.78 is 25.8. The number of halogens is 2. The molecule has 0 saturated carbocycles. The molecule has 1 atom stereocenters. The lowest BCUT2D eigenvalue weighted by Crippen LogP contribution is -2.38. The summed E-state index contributed by atoms with van der Waals surface area (Å²) in [6.45, 7) is 1.68. The van der Waals surface area contributed by atoms with Gasteiger partial charge in [-0.3, -0.25) is 4.90 Å². The monoisotopic (exact) mass is 179 g/mol. The largest absolute Gasteiger partial charge is 0.389 e. The number of hydrogen-bond acceptors (Lipinski definition) is 2. The molecule has 1 aliphatic heterocycles. The third-order valence-electron chi connectivity index (χ3n) is 2.14. The molecule has 1 heterocycles. The highest BCUT2D eigenvalue weighted by molar-refractivity contribution is 4.86. The SMILES string of the molecule is CN1CC(C)(O)CCC(F)(F)C1. The Kier molecular flexibility index (Phi) is 2.40. The van der Waals surface area contributed by atoms with Crippen molar-refractivity contribution in [1.29, 1.82) is 0 Å². The minimum Gasteiger partial charge on any atom is -0.389 e. The van der Waals surface area contributed by atoms with E-state index in [0.29, 0.717) is 6.54 Å². The van der Waals surface area contributed by atoms with E-state index in [-0.39, 0.29) is 19.4 Å². The van der Waals surface area contributed by atoms with E-state index in [1.54, 1.807) is 14.0 Å². The second-order valence-electron chi connectivity index (χ2n) is 4.03. The van der Waals surface area contributed by atoms with Crippen molar-refractivity contribution in [3.63, 3.8) is 0 Å². The summed E-state index contributed by atoms with van der Waals surface area (Å²) in [5, 5.41) is 9.58. The molecule has 1 aliphatic rings. The lowest BCUT2D eigenvalue weighted by molar-refractivity contribution is -0.0252. The summed E-state index contributed by atoms with van der Waals surface area (Å²) >= 11 is 0. The van der Waals surface area contributed by atoms with Crippen LogP contribution < -0.4 is 0 Å². The van der Waals surface area contributed by atoms with E-state index in [2.05, 4.69) is 0 Å². The number of alkyl halides is 2. The standard InChI is InChI=1S/C8H15F2NO/c1-7(12)3-4-8(9,10)6-11(2)5-7/h12H,3-6H2,1-2H3. The van der Waals surface area contributed by atoms with Gasteiger partial charge in [0.1, 0.15) is 0 Å². The number of aliphatic hydroxyl groups is 1. The van der Waals surface area contributed by atoms with Gasteiger partial charge in [0.25, 0.3) is 5.92 Å². The van der Waals surface area contributed by atoms with Crippen LogP contribution in [0.3, 0.4) is 0 Å². The molecule has 0 bridgehead atoms. The fourth-order valence-electron chi connectivity index (χ4n) is 1.64. The van der Waals surface area contributed by atoms with Gasteiger partial charge in [-0.25, -0.2) is 8.78 Å². The van der Waals surface area contributed by atoms with E-state index in [9.17, 15) is 13.9 Å². The number of hydrogen-bond donors (Lipinski definition) is 1. The van der Waals surface area contributed by atoms with Crippen LogP contribution >= 0.6 is 0 Å². The van der Waals surface area contributed by atoms with E-state index in [1.165, 1.54) is 4.90 Å². The molecule has 12 heavy (non-hydrogen) atoms. The highest BCUT2D eigenvalue weighted by Crippen LogP contribution is 2.29. The Morgan fingerprint density at radius 3 is 2.42 bits per heavy atom. The summed E-state index contributed by atoms with van der Waals surface area (Å²) in [7, 11) is 1.60. The van der Waals surface area contributed by atoms with Crippen LogP contribution in [0.2, 0.25) is 0 Å². The number of likely N-dealkylation sites (tertiary alicyclic amines) is 1. The van der Waals surface area contributed by atoms with Gasteiger partial charge >= 0.3 is 0 Å². The van der Waals surface area contributed by atoms with Gasteiger partial charge < -0.3 is 5.11 Å². The van der Waals surface area contributed by atoms with Crippen LogP contribution in [-0.4, -0.2) is 41.7 Å². The van der Waals surface area contributed by atoms with Crippen molar-refractivity contribution in [2.24, 2.45) is 0 Å². The number of likely N-dealkylation sites (N-methyl/N-ethyl adjacent to an activating group) is 1. The van der Waals surface area contributed by atoms with Crippen molar-refractivity contribution >= 4 is 0 Å². The predicted molar refractivity (Wildman–Crippen MR) is 42.3 cm³/mol. The lowest BCUT2D eigenvalue weighted by Gasteiger charge is -2.24. The summed E-state index contributed by atoms with van der Waals surface area (Å²) in [5.41, 5.74) is -0.964. The molecular weight excluding hydrogens is 164 g/mol. The molecule has 1 unspecified atom stereocenters. The van der Waals surface area contributed by atoms with Crippen LogP contribution in [0.5, 0.6) is 0 Å². The van der Waals surface area contributed by atoms with Gasteiger partial charge in [-0.1, -0.05) is 0 Å². The molecule has 0 spiro atoms. The minimum absolute atomic E-state index is 0.171. The summed E-state index contributed by atoms with van der Waals surface area (Å²) in [5.74, 6) is -2.64. The molecule has 1 saturated heterocycles. The first-order valence-electron chi connectivity index (χ1n) is 4.10. The Labute approximate surface area is 71.2 Å². The van der Waals surface area contributed by atoms with Crippen LogP contribution in [0.25, 0.3) is 0 Å². The zero-order valence-corrected chi connectivity index (χ0v) is 7.48. The normalized spacial score (nSPS) is 37.8. The highest BCUT2D eigenvalue weighted by atomic mass is 19.3. The minimum atomic E-state index is -2.64. The van der Waals surface area contributed by atoms with Crippen molar-refractivity contribution in [1.82, 2.24) is 4.90 Å². The topological polar surface area (TPSA) is 23.5 Å². The van der Waals surface area contributed by atoms with Crippen LogP contribution in [-0.2, 0) is 0 Å². The quantitative estimate of drug-likeness (QED) is 0.602. The van der Waals surface area contributed by atoms with E-state index in [0.717, 1.165) is 0 Å². The first-order valence-corrected chi connectivity index (χ1v) is 4.10. The molecule has 0 radical (unpaired) electrons. The van der Waals surface area contributed by atoms with Crippen LogP contribution in [0.15, 0.2) is 0 Å². The maximum absolute atomic E-state index is 12.9. The van der Waals surface area contributed by atoms with Gasteiger partial charge in [-0.2, -0.15) is 0 Å². The van der Waals surface area contributed by atoms with E-state index in [1.807, 2.05) is 0 Å². The fraction of sp³-hybridized carbons (Fsp3) is 1.00. The van der Waals surface area contributed by atoms with Crippen LogP contribution in [0.1, 0.15) is 19.8 Å². The Morgan fingerprint density at radius 2 is 1.83 bits per heavy atom. The highest BCUT2D eigenvalue weighted by Gasteiger charge is 2.38. The summed E-state index contributed by atoms with van der Waals surface area (Å²) in [6.07, 6.45) is -0.0469. The second-order valence-corrected chi connectivity index (χ2v) is 4.03. The summed E-state index contributed by atoms with van der Waals surface area (Å²) in [4.78, 5) is 1.48. The van der Waals surface area contributed by atoms with Gasteiger partial charge in [-0.05, 0) is 20.4 Å². The van der Waals surface area contributed by atoms with Crippen LogP contribution in [0.4, 0.5) is 8.78 Å². The molecule has 0 aromatic rings. The molecule has 1 N–H and O–H groups in total. The first-order chi connectivity index (χ1) is 5.31. The van der Waals surface area contributed by atoms with Gasteiger partial charge in [0.2, 0.25) is 0 Å². The van der Waals surface area contributed by atoms with Gasteiger partial charge in [0, 0.05) is 13.0 Å². The Bertz CT molecular complexity index is 152.